The third kappa shape index (κ3) is 7.75. The van der Waals surface area contributed by atoms with Crippen molar-refractivity contribution in [3.05, 3.63) is 108 Å². The number of aliphatic imine (C=N–C) groups is 1. The molecule has 1 aliphatic rings. The summed E-state index contributed by atoms with van der Waals surface area (Å²) in [6, 6.07) is 19.0. The van der Waals surface area contributed by atoms with Gasteiger partial charge < -0.3 is 9.88 Å². The van der Waals surface area contributed by atoms with Gasteiger partial charge in [0.15, 0.2) is 11.0 Å². The van der Waals surface area contributed by atoms with Gasteiger partial charge in [-0.25, -0.2) is 4.99 Å². The Morgan fingerprint density at radius 3 is 2.59 bits per heavy atom. The van der Waals surface area contributed by atoms with Gasteiger partial charge in [-0.05, 0) is 97.3 Å². The number of benzene rings is 3. The van der Waals surface area contributed by atoms with Crippen molar-refractivity contribution < 1.29 is 9.72 Å². The maximum absolute atomic E-state index is 13.9. The molecule has 0 unspecified atom stereocenters. The number of nitro benzene ring substituents is 1. The van der Waals surface area contributed by atoms with E-state index < -0.39 is 4.92 Å². The molecule has 2 heterocycles. The average Bonchev–Trinajstić information content (AvgIpc) is 3.65. The van der Waals surface area contributed by atoms with Crippen molar-refractivity contribution in [2.24, 2.45) is 16.3 Å². The Balaban J connectivity index is 1.38. The van der Waals surface area contributed by atoms with Gasteiger partial charge in [0.05, 0.1) is 10.5 Å². The largest absolute Gasteiger partial charge is 0.322 e. The molecule has 49 heavy (non-hydrogen) atoms. The third-order valence-corrected chi connectivity index (χ3v) is 11.4. The van der Waals surface area contributed by atoms with Gasteiger partial charge in [-0.1, -0.05) is 56.1 Å². The normalized spacial score (nSPS) is 14.6. The number of thiophene rings is 1. The summed E-state index contributed by atoms with van der Waals surface area (Å²) < 4.78 is 1.97. The Hall–Kier alpha value is -4.03. The highest BCUT2D eigenvalue weighted by Gasteiger charge is 2.34. The van der Waals surface area contributed by atoms with Crippen LogP contribution < -0.4 is 5.32 Å². The number of non-ortho nitro benzene ring substituents is 1. The van der Waals surface area contributed by atoms with E-state index in [1.165, 1.54) is 35.2 Å². The molecule has 0 spiro atoms. The third-order valence-electron chi connectivity index (χ3n) is 8.64. The van der Waals surface area contributed by atoms with E-state index in [1.54, 1.807) is 42.6 Å². The summed E-state index contributed by atoms with van der Waals surface area (Å²) in [7, 11) is 0. The van der Waals surface area contributed by atoms with Crippen molar-refractivity contribution in [1.82, 2.24) is 14.8 Å². The molecule has 3 aromatic carbocycles. The number of anilines is 1. The highest BCUT2D eigenvalue weighted by atomic mass is 35.5. The topological polar surface area (TPSA) is 115 Å². The van der Waals surface area contributed by atoms with Crippen LogP contribution >= 0.6 is 46.3 Å². The lowest BCUT2D eigenvalue weighted by atomic mass is 9.72. The van der Waals surface area contributed by atoms with Crippen molar-refractivity contribution in [2.45, 2.75) is 63.6 Å². The number of aromatic nitrogens is 3. The van der Waals surface area contributed by atoms with Gasteiger partial charge in [0.25, 0.3) is 11.6 Å². The quantitative estimate of drug-likeness (QED) is 0.0916. The van der Waals surface area contributed by atoms with Crippen LogP contribution in [-0.4, -0.2) is 31.8 Å². The predicted molar refractivity (Wildman–Crippen MR) is 199 cm³/mol. The van der Waals surface area contributed by atoms with Gasteiger partial charge in [-0.15, -0.1) is 21.5 Å². The molecule has 1 N–H and O–H groups in total. The Morgan fingerprint density at radius 1 is 1.12 bits per heavy atom. The SMILES string of the molecule is CCn1c(Sc2ccc([N+](=O)[O-])cc2C=Nc2sc3c(c2C(=O)Nc2ccc(Cl)cc2)CC[C@H](C(C)(C)C)C3)nnc1-c1cccc(Cl)c1. The van der Waals surface area contributed by atoms with Crippen molar-refractivity contribution in [3.63, 3.8) is 0 Å². The minimum absolute atomic E-state index is 0.0680. The van der Waals surface area contributed by atoms with Crippen LogP contribution in [0.3, 0.4) is 0 Å². The fourth-order valence-electron chi connectivity index (χ4n) is 5.92. The molecule has 1 atom stereocenters. The van der Waals surface area contributed by atoms with Crippen molar-refractivity contribution in [1.29, 1.82) is 0 Å². The van der Waals surface area contributed by atoms with Crippen LogP contribution in [0.25, 0.3) is 11.4 Å². The first-order chi connectivity index (χ1) is 23.4. The van der Waals surface area contributed by atoms with E-state index in [0.29, 0.717) is 60.2 Å². The number of fused-ring (bicyclic) bond motifs is 1. The molecule has 5 aromatic rings. The lowest BCUT2D eigenvalue weighted by molar-refractivity contribution is -0.384. The summed E-state index contributed by atoms with van der Waals surface area (Å²) >= 11 is 15.2. The molecule has 1 amide bonds. The fourth-order valence-corrected chi connectivity index (χ4v) is 8.48. The van der Waals surface area contributed by atoms with E-state index in [9.17, 15) is 14.9 Å². The zero-order valence-electron chi connectivity index (χ0n) is 27.4. The zero-order valence-corrected chi connectivity index (χ0v) is 30.5. The molecule has 0 aliphatic heterocycles. The van der Waals surface area contributed by atoms with Crippen LogP contribution in [0.1, 0.15) is 60.5 Å². The summed E-state index contributed by atoms with van der Waals surface area (Å²) in [6.45, 7) is 9.35. The van der Waals surface area contributed by atoms with Crippen molar-refractivity contribution >= 4 is 74.8 Å². The molecule has 0 radical (unpaired) electrons. The van der Waals surface area contributed by atoms with E-state index in [1.807, 2.05) is 29.7 Å². The second-order valence-electron chi connectivity index (χ2n) is 12.9. The first-order valence-electron chi connectivity index (χ1n) is 15.8. The number of hydrogen-bond donors (Lipinski definition) is 1. The standard InChI is InChI=1S/C36H34Cl2N6O3S2/c1-5-43-32(21-7-6-8-25(38)17-21)41-42-35(43)49-29-16-14-27(44(46)47)18-22(29)20-39-34-31(33(45)40-26-12-10-24(37)11-13-26)28-15-9-23(36(2,3)4)19-30(28)48-34/h6-8,10-14,16-18,20,23H,5,9,15,19H2,1-4H3,(H,40,45)/t23-/m0/s1. The lowest BCUT2D eigenvalue weighted by Crippen LogP contribution is -2.27. The fraction of sp³-hybridized carbons (Fsp3) is 0.278. The van der Waals surface area contributed by atoms with Gasteiger partial charge in [0, 0.05) is 61.5 Å². The summed E-state index contributed by atoms with van der Waals surface area (Å²) in [6.07, 6.45) is 4.21. The van der Waals surface area contributed by atoms with Gasteiger partial charge in [0.2, 0.25) is 0 Å². The van der Waals surface area contributed by atoms with Crippen LogP contribution in [0.15, 0.2) is 81.8 Å². The average molecular weight is 734 g/mol. The zero-order chi connectivity index (χ0) is 34.9. The summed E-state index contributed by atoms with van der Waals surface area (Å²) in [4.78, 5) is 32.0. The number of amides is 1. The monoisotopic (exact) mass is 732 g/mol. The van der Waals surface area contributed by atoms with E-state index in [0.717, 1.165) is 35.3 Å². The van der Waals surface area contributed by atoms with Crippen molar-refractivity contribution in [2.75, 3.05) is 5.32 Å². The summed E-state index contributed by atoms with van der Waals surface area (Å²) in [5, 5.41) is 26.1. The van der Waals surface area contributed by atoms with Crippen LogP contribution in [-0.2, 0) is 19.4 Å². The number of carbonyl (C=O) groups is 1. The molecule has 13 heteroatoms. The van der Waals surface area contributed by atoms with Gasteiger partial charge in [-0.3, -0.25) is 14.9 Å². The molecule has 0 saturated heterocycles. The van der Waals surface area contributed by atoms with E-state index in [4.69, 9.17) is 28.2 Å². The number of rotatable bonds is 9. The predicted octanol–water partition coefficient (Wildman–Crippen LogP) is 10.5. The molecular weight excluding hydrogens is 699 g/mol. The minimum atomic E-state index is -0.431. The minimum Gasteiger partial charge on any atom is -0.322 e. The van der Waals surface area contributed by atoms with Crippen LogP contribution in [0.2, 0.25) is 10.0 Å². The van der Waals surface area contributed by atoms with Gasteiger partial charge in [0.1, 0.15) is 5.00 Å². The number of nitrogens with one attached hydrogen (secondary N) is 1. The Bertz CT molecular complexity index is 2070. The lowest BCUT2D eigenvalue weighted by Gasteiger charge is -2.33. The number of nitro groups is 1. The maximum atomic E-state index is 13.9. The maximum Gasteiger partial charge on any atom is 0.270 e. The number of halogens is 2. The molecule has 9 nitrogen and oxygen atoms in total. The first-order valence-corrected chi connectivity index (χ1v) is 18.2. The highest BCUT2D eigenvalue weighted by Crippen LogP contribution is 2.46. The Kier molecular flexibility index (Phi) is 10.3. The van der Waals surface area contributed by atoms with E-state index in [-0.39, 0.29) is 17.0 Å². The van der Waals surface area contributed by atoms with Crippen LogP contribution in [0.5, 0.6) is 0 Å². The van der Waals surface area contributed by atoms with Crippen molar-refractivity contribution in [3.8, 4) is 11.4 Å². The summed E-state index contributed by atoms with van der Waals surface area (Å²) in [5.41, 5.74) is 3.59. The van der Waals surface area contributed by atoms with Crippen LogP contribution in [0, 0.1) is 21.4 Å². The second kappa shape index (κ2) is 14.4. The van der Waals surface area contributed by atoms with E-state index in [2.05, 4.69) is 36.3 Å². The number of carbonyl (C=O) groups excluding carboxylic acids is 1. The molecule has 6 rings (SSSR count). The summed E-state index contributed by atoms with van der Waals surface area (Å²) in [5.74, 6) is 0.883. The Morgan fingerprint density at radius 2 is 1.90 bits per heavy atom. The molecule has 0 fully saturated rings. The van der Waals surface area contributed by atoms with E-state index >= 15 is 0 Å². The number of hydrogen-bond acceptors (Lipinski definition) is 8. The molecule has 1 aliphatic carbocycles. The molecule has 2 aromatic heterocycles. The first kappa shape index (κ1) is 34.8. The molecule has 0 bridgehead atoms. The van der Waals surface area contributed by atoms with Gasteiger partial charge in [-0.2, -0.15) is 0 Å². The van der Waals surface area contributed by atoms with Gasteiger partial charge >= 0.3 is 0 Å². The second-order valence-corrected chi connectivity index (χ2v) is 15.8. The molecular formula is C36H34Cl2N6O3S2. The van der Waals surface area contributed by atoms with Crippen LogP contribution in [0.4, 0.5) is 16.4 Å². The smallest absolute Gasteiger partial charge is 0.270 e. The Labute approximate surface area is 302 Å². The highest BCUT2D eigenvalue weighted by molar-refractivity contribution is 7.99. The number of nitrogens with zero attached hydrogens (tertiary/aromatic N) is 5. The molecule has 252 valence electrons. The molecule has 0 saturated carbocycles.